The smallest absolute Gasteiger partial charge is 0.325 e. The van der Waals surface area contributed by atoms with Crippen molar-refractivity contribution in [3.63, 3.8) is 0 Å². The Morgan fingerprint density at radius 1 is 1.32 bits per heavy atom. The molecule has 0 aliphatic rings. The topological polar surface area (TPSA) is 67.6 Å². The van der Waals surface area contributed by atoms with E-state index in [1.54, 1.807) is 7.11 Å². The molecule has 1 N–H and O–H groups in total. The van der Waals surface area contributed by atoms with Crippen LogP contribution in [0, 0.1) is 20.8 Å². The van der Waals surface area contributed by atoms with Gasteiger partial charge in [0.2, 0.25) is 0 Å². The standard InChI is InChI=1S/C19H27N3O3/c1-13-7-8-17(25-5)16(11-13)18(19(23)24)21(4)9-6-10-22-15(3)12-14(2)20-22/h7-8,11-12,18H,6,9-10H2,1-5H3,(H,23,24). The van der Waals surface area contributed by atoms with Crippen molar-refractivity contribution in [3.05, 3.63) is 46.8 Å². The maximum Gasteiger partial charge on any atom is 0.325 e. The number of rotatable bonds is 8. The van der Waals surface area contributed by atoms with Crippen molar-refractivity contribution in [1.82, 2.24) is 14.7 Å². The molecular formula is C19H27N3O3. The normalized spacial score (nSPS) is 12.4. The molecule has 2 rings (SSSR count). The first-order chi connectivity index (χ1) is 11.8. The molecule has 0 bridgehead atoms. The number of ether oxygens (including phenoxy) is 1. The van der Waals surface area contributed by atoms with Crippen LogP contribution in [0.15, 0.2) is 24.3 Å². The summed E-state index contributed by atoms with van der Waals surface area (Å²) >= 11 is 0. The van der Waals surface area contributed by atoms with Crippen LogP contribution in [-0.4, -0.2) is 46.5 Å². The van der Waals surface area contributed by atoms with Gasteiger partial charge >= 0.3 is 5.97 Å². The van der Waals surface area contributed by atoms with Crippen molar-refractivity contribution in [2.45, 2.75) is 39.8 Å². The van der Waals surface area contributed by atoms with Crippen molar-refractivity contribution < 1.29 is 14.6 Å². The predicted octanol–water partition coefficient (Wildman–Crippen LogP) is 2.96. The lowest BCUT2D eigenvalue weighted by atomic mass is 10.0. The van der Waals surface area contributed by atoms with E-state index in [2.05, 4.69) is 5.10 Å². The van der Waals surface area contributed by atoms with Gasteiger partial charge in [-0.25, -0.2) is 0 Å². The number of aryl methyl sites for hydroxylation is 4. The Hall–Kier alpha value is -2.34. The third-order valence-electron chi connectivity index (χ3n) is 4.34. The Balaban J connectivity index is 2.10. The number of carbonyl (C=O) groups is 1. The summed E-state index contributed by atoms with van der Waals surface area (Å²) in [6, 6.07) is 6.93. The largest absolute Gasteiger partial charge is 0.496 e. The highest BCUT2D eigenvalue weighted by Gasteiger charge is 2.27. The third-order valence-corrected chi connectivity index (χ3v) is 4.34. The van der Waals surface area contributed by atoms with Gasteiger partial charge in [-0.3, -0.25) is 14.4 Å². The highest BCUT2D eigenvalue weighted by molar-refractivity contribution is 5.76. The number of methoxy groups -OCH3 is 1. The molecule has 0 saturated carbocycles. The summed E-state index contributed by atoms with van der Waals surface area (Å²) in [7, 11) is 3.40. The molecule has 0 aliphatic heterocycles. The Labute approximate surface area is 149 Å². The Bertz CT molecular complexity index is 740. The summed E-state index contributed by atoms with van der Waals surface area (Å²) < 4.78 is 7.33. The van der Waals surface area contributed by atoms with E-state index in [-0.39, 0.29) is 0 Å². The second-order valence-corrected chi connectivity index (χ2v) is 6.47. The number of carboxylic acids is 1. The van der Waals surface area contributed by atoms with Gasteiger partial charge in [0.05, 0.1) is 12.8 Å². The fourth-order valence-electron chi connectivity index (χ4n) is 3.13. The van der Waals surface area contributed by atoms with Crippen LogP contribution in [0.1, 0.15) is 35.0 Å². The minimum Gasteiger partial charge on any atom is -0.496 e. The molecule has 0 spiro atoms. The van der Waals surface area contributed by atoms with E-state index >= 15 is 0 Å². The van der Waals surface area contributed by atoms with Crippen molar-refractivity contribution in [2.24, 2.45) is 0 Å². The number of likely N-dealkylation sites (N-methyl/N-ethyl adjacent to an activating group) is 1. The molecule has 6 nitrogen and oxygen atoms in total. The van der Waals surface area contributed by atoms with E-state index in [0.29, 0.717) is 17.9 Å². The van der Waals surface area contributed by atoms with Crippen LogP contribution < -0.4 is 4.74 Å². The second kappa shape index (κ2) is 8.16. The van der Waals surface area contributed by atoms with E-state index in [4.69, 9.17) is 4.74 Å². The SMILES string of the molecule is COc1ccc(C)cc1C(C(=O)O)N(C)CCCn1nc(C)cc1C. The van der Waals surface area contributed by atoms with Crippen molar-refractivity contribution in [1.29, 1.82) is 0 Å². The van der Waals surface area contributed by atoms with E-state index < -0.39 is 12.0 Å². The minimum absolute atomic E-state index is 0.600. The van der Waals surface area contributed by atoms with Gasteiger partial charge < -0.3 is 9.84 Å². The maximum absolute atomic E-state index is 11.9. The summed E-state index contributed by atoms with van der Waals surface area (Å²) in [5.41, 5.74) is 3.82. The first kappa shape index (κ1) is 19.0. The number of nitrogens with zero attached hydrogens (tertiary/aromatic N) is 3. The molecule has 0 radical (unpaired) electrons. The zero-order valence-electron chi connectivity index (χ0n) is 15.6. The summed E-state index contributed by atoms with van der Waals surface area (Å²) in [6.45, 7) is 7.36. The lowest BCUT2D eigenvalue weighted by molar-refractivity contribution is -0.143. The molecule has 0 amide bonds. The first-order valence-corrected chi connectivity index (χ1v) is 8.42. The number of aromatic nitrogens is 2. The molecular weight excluding hydrogens is 318 g/mol. The number of carboxylic acid groups (broad SMARTS) is 1. The monoisotopic (exact) mass is 345 g/mol. The molecule has 0 fully saturated rings. The lowest BCUT2D eigenvalue weighted by Crippen LogP contribution is -2.32. The fourth-order valence-corrected chi connectivity index (χ4v) is 3.13. The van der Waals surface area contributed by atoms with Crippen LogP contribution in [0.5, 0.6) is 5.75 Å². The Kier molecular flexibility index (Phi) is 6.20. The highest BCUT2D eigenvalue weighted by atomic mass is 16.5. The van der Waals surface area contributed by atoms with E-state index in [1.165, 1.54) is 0 Å². The molecule has 0 aliphatic carbocycles. The molecule has 1 heterocycles. The summed E-state index contributed by atoms with van der Waals surface area (Å²) in [4.78, 5) is 13.7. The summed E-state index contributed by atoms with van der Waals surface area (Å²) in [6.07, 6.45) is 0.816. The van der Waals surface area contributed by atoms with Crippen molar-refractivity contribution in [2.75, 3.05) is 20.7 Å². The zero-order chi connectivity index (χ0) is 18.6. The molecule has 1 aromatic heterocycles. The van der Waals surface area contributed by atoms with Crippen molar-refractivity contribution >= 4 is 5.97 Å². The number of aliphatic carboxylic acids is 1. The zero-order valence-corrected chi connectivity index (χ0v) is 15.6. The van der Waals surface area contributed by atoms with Gasteiger partial charge in [-0.1, -0.05) is 17.7 Å². The van der Waals surface area contributed by atoms with Crippen LogP contribution in [0.3, 0.4) is 0 Å². The fraction of sp³-hybridized carbons (Fsp3) is 0.474. The van der Waals surface area contributed by atoms with Gasteiger partial charge in [0.1, 0.15) is 11.8 Å². The molecule has 25 heavy (non-hydrogen) atoms. The van der Waals surface area contributed by atoms with Crippen LogP contribution in [0.25, 0.3) is 0 Å². The molecule has 1 unspecified atom stereocenters. The maximum atomic E-state index is 11.9. The van der Waals surface area contributed by atoms with Gasteiger partial charge in [0.15, 0.2) is 0 Å². The Morgan fingerprint density at radius 2 is 2.04 bits per heavy atom. The second-order valence-electron chi connectivity index (χ2n) is 6.47. The third kappa shape index (κ3) is 4.60. The molecule has 6 heteroatoms. The van der Waals surface area contributed by atoms with Crippen LogP contribution in [0.2, 0.25) is 0 Å². The molecule has 2 aromatic rings. The molecule has 1 atom stereocenters. The van der Waals surface area contributed by atoms with E-state index in [9.17, 15) is 9.90 Å². The number of hydrogen-bond acceptors (Lipinski definition) is 4. The van der Waals surface area contributed by atoms with Gasteiger partial charge in [-0.05, 0) is 46.4 Å². The van der Waals surface area contributed by atoms with Gasteiger partial charge in [0, 0.05) is 24.3 Å². The highest BCUT2D eigenvalue weighted by Crippen LogP contribution is 2.30. The van der Waals surface area contributed by atoms with Crippen LogP contribution in [0.4, 0.5) is 0 Å². The van der Waals surface area contributed by atoms with E-state index in [1.807, 2.05) is 61.7 Å². The average molecular weight is 345 g/mol. The number of hydrogen-bond donors (Lipinski definition) is 1. The Morgan fingerprint density at radius 3 is 2.60 bits per heavy atom. The van der Waals surface area contributed by atoms with Gasteiger partial charge in [-0.2, -0.15) is 5.10 Å². The van der Waals surface area contributed by atoms with Gasteiger partial charge in [-0.15, -0.1) is 0 Å². The average Bonchev–Trinajstić information content (AvgIpc) is 2.85. The molecule has 0 saturated heterocycles. The van der Waals surface area contributed by atoms with E-state index in [0.717, 1.165) is 29.9 Å². The van der Waals surface area contributed by atoms with Crippen molar-refractivity contribution in [3.8, 4) is 5.75 Å². The van der Waals surface area contributed by atoms with Crippen LogP contribution >= 0.6 is 0 Å². The minimum atomic E-state index is -0.877. The quantitative estimate of drug-likeness (QED) is 0.797. The molecule has 136 valence electrons. The predicted molar refractivity (Wildman–Crippen MR) is 97.1 cm³/mol. The molecule has 1 aromatic carbocycles. The van der Waals surface area contributed by atoms with Crippen LogP contribution in [-0.2, 0) is 11.3 Å². The first-order valence-electron chi connectivity index (χ1n) is 8.42. The summed E-state index contributed by atoms with van der Waals surface area (Å²) in [5.74, 6) is -0.277. The van der Waals surface area contributed by atoms with Gasteiger partial charge in [0.25, 0.3) is 0 Å². The summed E-state index contributed by atoms with van der Waals surface area (Å²) in [5, 5.41) is 14.2. The lowest BCUT2D eigenvalue weighted by Gasteiger charge is -2.26. The number of benzene rings is 1.